The van der Waals surface area contributed by atoms with Crippen LogP contribution in [0.5, 0.6) is 0 Å². The molecule has 1 saturated heterocycles. The van der Waals surface area contributed by atoms with Crippen LogP contribution in [0.4, 0.5) is 5.69 Å². The normalized spacial score (nSPS) is 18.8. The van der Waals surface area contributed by atoms with Crippen LogP contribution in [0.25, 0.3) is 0 Å². The van der Waals surface area contributed by atoms with E-state index >= 15 is 0 Å². The van der Waals surface area contributed by atoms with Crippen LogP contribution < -0.4 is 5.32 Å². The lowest BCUT2D eigenvalue weighted by molar-refractivity contribution is 0.208. The lowest BCUT2D eigenvalue weighted by atomic mass is 10.0. The Balaban J connectivity index is 2.34. The fourth-order valence-electron chi connectivity index (χ4n) is 2.65. The Bertz CT molecular complexity index is 623. The Labute approximate surface area is 138 Å². The lowest BCUT2D eigenvalue weighted by Gasteiger charge is -2.30. The first-order chi connectivity index (χ1) is 10.8. The van der Waals surface area contributed by atoms with Gasteiger partial charge in [0, 0.05) is 19.6 Å². The molecule has 0 aliphatic carbocycles. The van der Waals surface area contributed by atoms with Gasteiger partial charge in [0.15, 0.2) is 0 Å². The summed E-state index contributed by atoms with van der Waals surface area (Å²) in [5.74, 6) is 0.540. The maximum atomic E-state index is 13.0. The fraction of sp³-hybridized carbons (Fsp3) is 0.625. The number of nitrogens with one attached hydrogen (secondary N) is 1. The van der Waals surface area contributed by atoms with Crippen molar-refractivity contribution in [2.24, 2.45) is 5.92 Å². The quantitative estimate of drug-likeness (QED) is 0.727. The van der Waals surface area contributed by atoms with Gasteiger partial charge in [0.25, 0.3) is 0 Å². The Morgan fingerprint density at radius 2 is 2.00 bits per heavy atom. The highest BCUT2D eigenvalue weighted by atomic mass is 32.2. The fourth-order valence-corrected chi connectivity index (χ4v) is 4.33. The van der Waals surface area contributed by atoms with Crippen LogP contribution >= 0.6 is 0 Å². The molecule has 1 aliphatic heterocycles. The third kappa shape index (κ3) is 4.44. The second-order valence-corrected chi connectivity index (χ2v) is 8.21. The molecule has 130 valence electrons. The van der Waals surface area contributed by atoms with Crippen LogP contribution in [-0.2, 0) is 16.6 Å². The van der Waals surface area contributed by atoms with E-state index in [0.717, 1.165) is 12.8 Å². The number of aliphatic hydroxyl groups excluding tert-OH is 2. The van der Waals surface area contributed by atoms with Gasteiger partial charge in [0.1, 0.15) is 4.90 Å². The largest absolute Gasteiger partial charge is 0.392 e. The van der Waals surface area contributed by atoms with Gasteiger partial charge in [0.05, 0.1) is 18.4 Å². The topological polar surface area (TPSA) is 89.9 Å². The third-order valence-electron chi connectivity index (χ3n) is 4.18. The third-order valence-corrected chi connectivity index (χ3v) is 6.12. The zero-order valence-electron chi connectivity index (χ0n) is 13.7. The van der Waals surface area contributed by atoms with Crippen LogP contribution in [0.2, 0.25) is 0 Å². The first kappa shape index (κ1) is 18.2. The van der Waals surface area contributed by atoms with Gasteiger partial charge in [0.2, 0.25) is 10.0 Å². The van der Waals surface area contributed by atoms with Gasteiger partial charge in [-0.25, -0.2) is 8.42 Å². The summed E-state index contributed by atoms with van der Waals surface area (Å²) in [6, 6.07) is 4.84. The van der Waals surface area contributed by atoms with Crippen LogP contribution in [-0.4, -0.2) is 48.7 Å². The van der Waals surface area contributed by atoms with Crippen molar-refractivity contribution in [3.05, 3.63) is 23.8 Å². The summed E-state index contributed by atoms with van der Waals surface area (Å²) in [7, 11) is -3.62. The molecule has 0 unspecified atom stereocenters. The Morgan fingerprint density at radius 3 is 2.57 bits per heavy atom. The van der Waals surface area contributed by atoms with Gasteiger partial charge in [-0.3, -0.25) is 0 Å². The van der Waals surface area contributed by atoms with Crippen molar-refractivity contribution < 1.29 is 18.6 Å². The molecule has 0 amide bonds. The average molecular weight is 342 g/mol. The Kier molecular flexibility index (Phi) is 6.02. The minimum absolute atomic E-state index is 0.166. The molecule has 1 heterocycles. The summed E-state index contributed by atoms with van der Waals surface area (Å²) < 4.78 is 27.4. The second-order valence-electron chi connectivity index (χ2n) is 6.31. The number of benzene rings is 1. The SMILES string of the molecule is CC1CCN(S(=O)(=O)c2cc(CO)ccc2NC[C@H](C)O)CC1. The highest BCUT2D eigenvalue weighted by Gasteiger charge is 2.30. The Hall–Kier alpha value is -1.15. The number of anilines is 1. The monoisotopic (exact) mass is 342 g/mol. The summed E-state index contributed by atoms with van der Waals surface area (Å²) in [5.41, 5.74) is 1.01. The number of hydrogen-bond acceptors (Lipinski definition) is 5. The molecule has 0 spiro atoms. The lowest BCUT2D eigenvalue weighted by Crippen LogP contribution is -2.38. The summed E-state index contributed by atoms with van der Waals surface area (Å²) >= 11 is 0. The van der Waals surface area contributed by atoms with Gasteiger partial charge in [-0.15, -0.1) is 0 Å². The highest BCUT2D eigenvalue weighted by molar-refractivity contribution is 7.89. The number of rotatable bonds is 6. The molecule has 23 heavy (non-hydrogen) atoms. The van der Waals surface area contributed by atoms with Crippen molar-refractivity contribution in [2.45, 2.75) is 44.3 Å². The zero-order valence-corrected chi connectivity index (χ0v) is 14.5. The molecule has 2 rings (SSSR count). The molecule has 0 saturated carbocycles. The van der Waals surface area contributed by atoms with Crippen molar-refractivity contribution in [3.8, 4) is 0 Å². The number of piperidine rings is 1. The highest BCUT2D eigenvalue weighted by Crippen LogP contribution is 2.29. The van der Waals surface area contributed by atoms with Gasteiger partial charge >= 0.3 is 0 Å². The van der Waals surface area contributed by atoms with Gasteiger partial charge < -0.3 is 15.5 Å². The van der Waals surface area contributed by atoms with E-state index in [-0.39, 0.29) is 18.0 Å². The molecule has 0 radical (unpaired) electrons. The molecule has 1 atom stereocenters. The molecule has 0 bridgehead atoms. The summed E-state index contributed by atoms with van der Waals surface area (Å²) in [4.78, 5) is 0.166. The van der Waals surface area contributed by atoms with E-state index in [1.807, 2.05) is 0 Å². The molecule has 1 aromatic rings. The van der Waals surface area contributed by atoms with E-state index in [9.17, 15) is 18.6 Å². The summed E-state index contributed by atoms with van der Waals surface area (Å²) in [6.45, 7) is 4.85. The number of nitrogens with zero attached hydrogens (tertiary/aromatic N) is 1. The maximum Gasteiger partial charge on any atom is 0.245 e. The van der Waals surface area contributed by atoms with Crippen LogP contribution in [0, 0.1) is 5.92 Å². The first-order valence-electron chi connectivity index (χ1n) is 8.00. The molecule has 3 N–H and O–H groups in total. The van der Waals surface area contributed by atoms with Crippen molar-refractivity contribution >= 4 is 15.7 Å². The molecular weight excluding hydrogens is 316 g/mol. The van der Waals surface area contributed by atoms with Crippen molar-refractivity contribution in [1.29, 1.82) is 0 Å². The van der Waals surface area contributed by atoms with Crippen LogP contribution in [0.15, 0.2) is 23.1 Å². The minimum atomic E-state index is -3.62. The van der Waals surface area contributed by atoms with E-state index in [4.69, 9.17) is 0 Å². The predicted octanol–water partition coefficient (Wildman–Crippen LogP) is 1.39. The molecule has 6 nitrogen and oxygen atoms in total. The van der Waals surface area contributed by atoms with E-state index in [0.29, 0.717) is 30.3 Å². The predicted molar refractivity (Wildman–Crippen MR) is 89.7 cm³/mol. The molecule has 0 aromatic heterocycles. The zero-order chi connectivity index (χ0) is 17.0. The van der Waals surface area contributed by atoms with Gasteiger partial charge in [-0.05, 0) is 43.4 Å². The molecule has 1 aromatic carbocycles. The molecule has 7 heteroatoms. The first-order valence-corrected chi connectivity index (χ1v) is 9.44. The van der Waals surface area contributed by atoms with E-state index < -0.39 is 16.1 Å². The number of aliphatic hydroxyl groups is 2. The number of sulfonamides is 1. The standard InChI is InChI=1S/C16H26N2O4S/c1-12-5-7-18(8-6-12)23(21,22)16-9-14(11-19)3-4-15(16)17-10-13(2)20/h3-4,9,12-13,17,19-20H,5-8,10-11H2,1-2H3/t13-/m0/s1. The smallest absolute Gasteiger partial charge is 0.245 e. The summed E-state index contributed by atoms with van der Waals surface area (Å²) in [6.07, 6.45) is 1.13. The van der Waals surface area contributed by atoms with Gasteiger partial charge in [-0.2, -0.15) is 4.31 Å². The molecule has 1 aliphatic rings. The maximum absolute atomic E-state index is 13.0. The average Bonchev–Trinajstić information content (AvgIpc) is 2.53. The second kappa shape index (κ2) is 7.61. The summed E-state index contributed by atoms with van der Waals surface area (Å²) in [5, 5.41) is 21.7. The minimum Gasteiger partial charge on any atom is -0.392 e. The Morgan fingerprint density at radius 1 is 1.35 bits per heavy atom. The molecule has 1 fully saturated rings. The number of hydrogen-bond donors (Lipinski definition) is 3. The van der Waals surface area contributed by atoms with E-state index in [1.165, 1.54) is 10.4 Å². The van der Waals surface area contributed by atoms with Crippen molar-refractivity contribution in [1.82, 2.24) is 4.31 Å². The van der Waals surface area contributed by atoms with Crippen LogP contribution in [0.3, 0.4) is 0 Å². The van der Waals surface area contributed by atoms with Crippen LogP contribution in [0.1, 0.15) is 32.3 Å². The molecular formula is C16H26N2O4S. The van der Waals surface area contributed by atoms with E-state index in [1.54, 1.807) is 19.1 Å². The van der Waals surface area contributed by atoms with E-state index in [2.05, 4.69) is 12.2 Å². The van der Waals surface area contributed by atoms with Gasteiger partial charge in [-0.1, -0.05) is 13.0 Å². The van der Waals surface area contributed by atoms with Crippen molar-refractivity contribution in [3.63, 3.8) is 0 Å². The van der Waals surface area contributed by atoms with Crippen molar-refractivity contribution in [2.75, 3.05) is 25.0 Å².